The number of aliphatic hydroxyl groups is 2. The molecule has 2 atom stereocenters. The van der Waals surface area contributed by atoms with E-state index in [0.717, 1.165) is 51.0 Å². The van der Waals surface area contributed by atoms with Crippen LogP contribution in [0.15, 0.2) is 35.7 Å². The maximum Gasteiger partial charge on any atom is 0.305 e. The Kier molecular flexibility index (Phi) is 6.18. The molecule has 0 amide bonds. The van der Waals surface area contributed by atoms with Crippen LogP contribution in [0.1, 0.15) is 48.4 Å². The Balaban J connectivity index is 1.79. The summed E-state index contributed by atoms with van der Waals surface area (Å²) in [6, 6.07) is 6.37. The molecule has 5 nitrogen and oxygen atoms in total. The molecule has 3 N–H and O–H groups in total. The number of fused-ring (bicyclic) bond motifs is 1. The van der Waals surface area contributed by atoms with E-state index in [1.165, 1.54) is 12.1 Å². The number of pyridine rings is 1. The first-order chi connectivity index (χ1) is 14.8. The second-order valence-corrected chi connectivity index (χ2v) is 8.96. The third-order valence-electron chi connectivity index (χ3n) is 5.45. The average Bonchev–Trinajstić information content (AvgIpc) is 3.49. The van der Waals surface area contributed by atoms with Gasteiger partial charge in [0.25, 0.3) is 0 Å². The number of carbonyl (C=O) groups is 1. The van der Waals surface area contributed by atoms with Gasteiger partial charge in [0, 0.05) is 23.5 Å². The molecule has 4 rings (SSSR count). The average molecular weight is 442 g/mol. The lowest BCUT2D eigenvalue weighted by Gasteiger charge is -2.15. The molecule has 1 aliphatic rings. The third-order valence-corrected chi connectivity index (χ3v) is 6.56. The van der Waals surface area contributed by atoms with Crippen molar-refractivity contribution in [1.29, 1.82) is 0 Å². The first-order valence-corrected chi connectivity index (χ1v) is 11.1. The summed E-state index contributed by atoms with van der Waals surface area (Å²) in [5, 5.41) is 31.0. The SMILES string of the molecule is Cc1csc2c(-c3ccc(F)cc3)c(/C=C/[C@@H](O)C[C@@H](O)CC(=O)O)c(C3CC3)nc12. The predicted octanol–water partition coefficient (Wildman–Crippen LogP) is 4.89. The minimum atomic E-state index is -1.13. The summed E-state index contributed by atoms with van der Waals surface area (Å²) >= 11 is 1.59. The maximum absolute atomic E-state index is 13.6. The number of aliphatic carboxylic acids is 1. The number of carboxylic acid groups (broad SMARTS) is 1. The fourth-order valence-corrected chi connectivity index (χ4v) is 4.84. The van der Waals surface area contributed by atoms with Gasteiger partial charge in [-0.25, -0.2) is 4.39 Å². The number of halogens is 1. The highest BCUT2D eigenvalue weighted by molar-refractivity contribution is 7.18. The number of thiophene rings is 1. The highest BCUT2D eigenvalue weighted by atomic mass is 32.1. The number of aryl methyl sites for hydroxylation is 1. The Morgan fingerprint density at radius 3 is 2.65 bits per heavy atom. The number of hydrogen-bond acceptors (Lipinski definition) is 5. The van der Waals surface area contributed by atoms with E-state index in [1.807, 2.05) is 13.0 Å². The fraction of sp³-hybridized carbons (Fsp3) is 0.333. The molecule has 0 radical (unpaired) electrons. The largest absolute Gasteiger partial charge is 0.481 e. The van der Waals surface area contributed by atoms with Crippen molar-refractivity contribution in [2.24, 2.45) is 0 Å². The summed E-state index contributed by atoms with van der Waals surface area (Å²) in [5.74, 6) is -1.07. The smallest absolute Gasteiger partial charge is 0.305 e. The molecular formula is C24H24FNO4S. The van der Waals surface area contributed by atoms with E-state index < -0.39 is 24.6 Å². The second-order valence-electron chi connectivity index (χ2n) is 8.08. The van der Waals surface area contributed by atoms with Gasteiger partial charge in [0.05, 0.1) is 34.5 Å². The molecular weight excluding hydrogens is 417 g/mol. The summed E-state index contributed by atoms with van der Waals surface area (Å²) in [6.45, 7) is 2.03. The zero-order chi connectivity index (χ0) is 22.1. The van der Waals surface area contributed by atoms with Crippen LogP contribution in [0.4, 0.5) is 4.39 Å². The first-order valence-electron chi connectivity index (χ1n) is 10.3. The number of benzene rings is 1. The van der Waals surface area contributed by atoms with Gasteiger partial charge in [-0.1, -0.05) is 24.3 Å². The van der Waals surface area contributed by atoms with Gasteiger partial charge < -0.3 is 15.3 Å². The van der Waals surface area contributed by atoms with Crippen LogP contribution in [0.5, 0.6) is 0 Å². The molecule has 1 aliphatic carbocycles. The Morgan fingerprint density at radius 2 is 2.00 bits per heavy atom. The van der Waals surface area contributed by atoms with Crippen molar-refractivity contribution in [3.05, 3.63) is 58.4 Å². The lowest BCUT2D eigenvalue weighted by atomic mass is 9.95. The van der Waals surface area contributed by atoms with Crippen LogP contribution in [0.2, 0.25) is 0 Å². The molecule has 162 valence electrons. The van der Waals surface area contributed by atoms with Crippen molar-refractivity contribution in [3.63, 3.8) is 0 Å². The molecule has 1 aromatic carbocycles. The van der Waals surface area contributed by atoms with Crippen molar-refractivity contribution >= 4 is 33.6 Å². The third kappa shape index (κ3) is 4.84. The van der Waals surface area contributed by atoms with Crippen LogP contribution >= 0.6 is 11.3 Å². The van der Waals surface area contributed by atoms with E-state index in [2.05, 4.69) is 5.38 Å². The summed E-state index contributed by atoms with van der Waals surface area (Å²) < 4.78 is 14.6. The van der Waals surface area contributed by atoms with E-state index in [9.17, 15) is 19.4 Å². The van der Waals surface area contributed by atoms with Crippen LogP contribution in [0, 0.1) is 12.7 Å². The Morgan fingerprint density at radius 1 is 1.29 bits per heavy atom. The van der Waals surface area contributed by atoms with E-state index in [4.69, 9.17) is 10.1 Å². The van der Waals surface area contributed by atoms with Crippen LogP contribution in [0.25, 0.3) is 27.4 Å². The number of hydrogen-bond donors (Lipinski definition) is 3. The predicted molar refractivity (Wildman–Crippen MR) is 120 cm³/mol. The lowest BCUT2D eigenvalue weighted by molar-refractivity contribution is -0.139. The number of aliphatic hydroxyl groups excluding tert-OH is 2. The Bertz CT molecular complexity index is 1130. The summed E-state index contributed by atoms with van der Waals surface area (Å²) in [4.78, 5) is 15.7. The first kappa shape index (κ1) is 21.6. The lowest BCUT2D eigenvalue weighted by Crippen LogP contribution is -2.19. The molecule has 1 fully saturated rings. The molecule has 0 saturated heterocycles. The van der Waals surface area contributed by atoms with Crippen molar-refractivity contribution in [2.45, 2.75) is 50.7 Å². The van der Waals surface area contributed by atoms with E-state index in [1.54, 1.807) is 29.5 Å². The molecule has 3 aromatic rings. The van der Waals surface area contributed by atoms with Gasteiger partial charge in [0.1, 0.15) is 5.82 Å². The van der Waals surface area contributed by atoms with Gasteiger partial charge in [-0.15, -0.1) is 11.3 Å². The molecule has 1 saturated carbocycles. The quantitative estimate of drug-likeness (QED) is 0.463. The standard InChI is InChI=1S/C24H24FNO4S/c1-13-12-31-24-21(14-4-6-16(25)7-5-14)19(23(15-2-3-15)26-22(13)24)9-8-17(27)10-18(28)11-20(29)30/h4-9,12,15,17-18,27-28H,2-3,10-11H2,1H3,(H,29,30)/b9-8+/t17-,18-/m1/s1. The number of rotatable bonds is 8. The van der Waals surface area contributed by atoms with Gasteiger partial charge >= 0.3 is 5.97 Å². The molecule has 2 aromatic heterocycles. The summed E-state index contributed by atoms with van der Waals surface area (Å²) in [6.07, 6.45) is 2.87. The molecule has 2 heterocycles. The minimum Gasteiger partial charge on any atom is -0.481 e. The van der Waals surface area contributed by atoms with Crippen molar-refractivity contribution in [1.82, 2.24) is 4.98 Å². The molecule has 7 heteroatoms. The topological polar surface area (TPSA) is 90.7 Å². The van der Waals surface area contributed by atoms with Crippen molar-refractivity contribution in [3.8, 4) is 11.1 Å². The molecule has 0 spiro atoms. The van der Waals surface area contributed by atoms with Crippen LogP contribution in [-0.4, -0.2) is 38.5 Å². The van der Waals surface area contributed by atoms with E-state index in [0.29, 0.717) is 5.92 Å². The monoisotopic (exact) mass is 441 g/mol. The van der Waals surface area contributed by atoms with Gasteiger partial charge in [-0.05, 0) is 48.4 Å². The van der Waals surface area contributed by atoms with Gasteiger partial charge in [0.15, 0.2) is 0 Å². The highest BCUT2D eigenvalue weighted by Gasteiger charge is 2.30. The van der Waals surface area contributed by atoms with Crippen LogP contribution in [0.3, 0.4) is 0 Å². The summed E-state index contributed by atoms with van der Waals surface area (Å²) in [7, 11) is 0. The summed E-state index contributed by atoms with van der Waals surface area (Å²) in [5.41, 5.74) is 5.72. The number of carboxylic acids is 1. The van der Waals surface area contributed by atoms with Gasteiger partial charge in [-0.3, -0.25) is 9.78 Å². The minimum absolute atomic E-state index is 0.0682. The zero-order valence-electron chi connectivity index (χ0n) is 17.1. The molecule has 31 heavy (non-hydrogen) atoms. The number of nitrogens with zero attached hydrogens (tertiary/aromatic N) is 1. The molecule has 0 unspecified atom stereocenters. The second kappa shape index (κ2) is 8.86. The molecule has 0 bridgehead atoms. The van der Waals surface area contributed by atoms with Crippen molar-refractivity contribution < 1.29 is 24.5 Å². The number of aromatic nitrogens is 1. The fourth-order valence-electron chi connectivity index (χ4n) is 3.77. The van der Waals surface area contributed by atoms with Gasteiger partial charge in [0.2, 0.25) is 0 Å². The van der Waals surface area contributed by atoms with E-state index in [-0.39, 0.29) is 12.2 Å². The van der Waals surface area contributed by atoms with Crippen LogP contribution in [-0.2, 0) is 4.79 Å². The molecule has 0 aliphatic heterocycles. The van der Waals surface area contributed by atoms with E-state index >= 15 is 0 Å². The normalized spacial score (nSPS) is 16.1. The Labute approximate surface area is 183 Å². The van der Waals surface area contributed by atoms with Gasteiger partial charge in [-0.2, -0.15) is 0 Å². The van der Waals surface area contributed by atoms with Crippen molar-refractivity contribution in [2.75, 3.05) is 0 Å². The van der Waals surface area contributed by atoms with Crippen LogP contribution < -0.4 is 0 Å². The zero-order valence-corrected chi connectivity index (χ0v) is 17.9. The Hall–Kier alpha value is -2.61. The maximum atomic E-state index is 13.6. The highest BCUT2D eigenvalue weighted by Crippen LogP contribution is 2.47.